The number of likely N-dealkylation sites (N-methyl/N-ethyl adjacent to an activating group) is 2. The molecule has 0 saturated carbocycles. The fourth-order valence-electron chi connectivity index (χ4n) is 6.51. The lowest BCUT2D eigenvalue weighted by molar-refractivity contribution is -0.141. The van der Waals surface area contributed by atoms with Gasteiger partial charge in [-0.15, -0.1) is 0 Å². The number of carboxylic acids is 3. The van der Waals surface area contributed by atoms with Crippen LogP contribution in [0.2, 0.25) is 0 Å². The van der Waals surface area contributed by atoms with Gasteiger partial charge in [0.05, 0.1) is 6.61 Å². The van der Waals surface area contributed by atoms with Crippen molar-refractivity contribution in [3.8, 4) is 0 Å². The van der Waals surface area contributed by atoms with Crippen LogP contribution in [0.15, 0.2) is 152 Å². The lowest BCUT2D eigenvalue weighted by Crippen LogP contribution is -2.49. The molecule has 360 valence electrons. The van der Waals surface area contributed by atoms with Gasteiger partial charge in [-0.1, -0.05) is 193 Å². The zero-order chi connectivity index (χ0) is 49.5. The van der Waals surface area contributed by atoms with Gasteiger partial charge in [-0.3, -0.25) is 14.4 Å². The normalized spacial score (nSPS) is 13.4. The van der Waals surface area contributed by atoms with Crippen LogP contribution in [-0.4, -0.2) is 93.8 Å². The molecule has 0 saturated heterocycles. The average molecular weight is 910 g/mol. The third kappa shape index (κ3) is 21.9. The zero-order valence-electron chi connectivity index (χ0n) is 39.4. The Morgan fingerprint density at radius 1 is 0.576 bits per heavy atom. The summed E-state index contributed by atoms with van der Waals surface area (Å²) >= 11 is 0. The summed E-state index contributed by atoms with van der Waals surface area (Å²) in [5, 5.41) is 51.7. The first-order valence-electron chi connectivity index (χ1n) is 22.4. The first-order chi connectivity index (χ1) is 31.5. The number of benzene rings is 5. The standard InChI is InChI=1S/C17H21NO.C10H13NO2.C9H11NO2.C9H13NO.C8H17NO2/c1-13(2)16(18)17(19,14-9-5-3-6-10-14)15-11-7-4-8-12-15;1-11-9(10(12)13)7-8-5-3-2-4-6-8;10-8(9(11)12)6-7-4-2-1-3-5-7;10-9(7-11)6-8-4-2-1-3-5-8;1-4-6(3)7(8(10)11)9-5-2/h3-13,16,19H,18H2,1-2H3;2-6,9,11H,7H2,1H3,(H,12,13);1-5,8H,6,10H2,(H,11,12);1-5,9,11H,6-7,10H2;6-7,9H,4-5H2,1-3H3,(H,10,11). The number of aliphatic carboxylic acids is 3. The smallest absolute Gasteiger partial charge is 0.321 e. The lowest BCUT2D eigenvalue weighted by Gasteiger charge is -2.37. The molecule has 0 spiro atoms. The maximum Gasteiger partial charge on any atom is 0.321 e. The van der Waals surface area contributed by atoms with Crippen LogP contribution in [0.4, 0.5) is 0 Å². The molecular formula is C53H75N5O8. The van der Waals surface area contributed by atoms with Crippen molar-refractivity contribution in [2.75, 3.05) is 20.2 Å². The molecule has 6 atom stereocenters. The van der Waals surface area contributed by atoms with Gasteiger partial charge in [0, 0.05) is 12.1 Å². The molecule has 5 aromatic carbocycles. The molecule has 13 heteroatoms. The van der Waals surface area contributed by atoms with Gasteiger partial charge in [0.1, 0.15) is 23.7 Å². The number of carboxylic acid groups (broad SMARTS) is 3. The van der Waals surface area contributed by atoms with Crippen molar-refractivity contribution in [1.82, 2.24) is 10.6 Å². The largest absolute Gasteiger partial charge is 0.480 e. The van der Waals surface area contributed by atoms with Crippen LogP contribution in [0.1, 0.15) is 68.9 Å². The third-order valence-electron chi connectivity index (χ3n) is 10.7. The van der Waals surface area contributed by atoms with Crippen molar-refractivity contribution in [2.24, 2.45) is 29.0 Å². The molecule has 0 fully saturated rings. The maximum atomic E-state index is 11.3. The molecule has 0 aliphatic rings. The average Bonchev–Trinajstić information content (AvgIpc) is 3.33. The number of carbonyl (C=O) groups is 3. The van der Waals surface area contributed by atoms with E-state index in [9.17, 15) is 19.5 Å². The van der Waals surface area contributed by atoms with Crippen molar-refractivity contribution in [2.45, 2.75) is 96.1 Å². The summed E-state index contributed by atoms with van der Waals surface area (Å²) < 4.78 is 0. The Kier molecular flexibility index (Phi) is 29.0. The van der Waals surface area contributed by atoms with E-state index in [2.05, 4.69) is 10.6 Å². The number of nitrogens with two attached hydrogens (primary N) is 3. The van der Waals surface area contributed by atoms with Gasteiger partial charge in [-0.05, 0) is 72.5 Å². The number of aliphatic hydroxyl groups excluding tert-OH is 1. The highest BCUT2D eigenvalue weighted by molar-refractivity contribution is 5.74. The molecular weight excluding hydrogens is 835 g/mol. The van der Waals surface area contributed by atoms with Gasteiger partial charge in [-0.2, -0.15) is 0 Å². The quantitative estimate of drug-likeness (QED) is 0.0451. The summed E-state index contributed by atoms with van der Waals surface area (Å²) in [6.45, 7) is 10.7. The monoisotopic (exact) mass is 910 g/mol. The number of nitrogens with one attached hydrogen (secondary N) is 2. The van der Waals surface area contributed by atoms with Gasteiger partial charge >= 0.3 is 17.9 Å². The Labute approximate surface area is 392 Å². The van der Waals surface area contributed by atoms with Crippen molar-refractivity contribution < 1.29 is 39.9 Å². The molecule has 13 N–H and O–H groups in total. The van der Waals surface area contributed by atoms with Gasteiger partial charge in [-0.25, -0.2) is 0 Å². The second kappa shape index (κ2) is 32.8. The summed E-state index contributed by atoms with van der Waals surface area (Å²) in [5.74, 6) is -2.15. The van der Waals surface area contributed by atoms with Crippen LogP contribution in [-0.2, 0) is 39.2 Å². The van der Waals surface area contributed by atoms with E-state index in [1.165, 1.54) is 5.56 Å². The van der Waals surface area contributed by atoms with Crippen molar-refractivity contribution in [3.63, 3.8) is 0 Å². The van der Waals surface area contributed by atoms with E-state index in [4.69, 9.17) is 37.6 Å². The van der Waals surface area contributed by atoms with Gasteiger partial charge in [0.2, 0.25) is 0 Å². The van der Waals surface area contributed by atoms with Gasteiger partial charge < -0.3 is 53.4 Å². The second-order valence-corrected chi connectivity index (χ2v) is 16.2. The predicted molar refractivity (Wildman–Crippen MR) is 265 cm³/mol. The first-order valence-corrected chi connectivity index (χ1v) is 22.4. The van der Waals surface area contributed by atoms with Gasteiger partial charge in [0.15, 0.2) is 0 Å². The minimum atomic E-state index is -1.16. The second-order valence-electron chi connectivity index (χ2n) is 16.2. The molecule has 0 aliphatic carbocycles. The fourth-order valence-corrected chi connectivity index (χ4v) is 6.51. The van der Waals surface area contributed by atoms with Crippen LogP contribution in [0.5, 0.6) is 0 Å². The number of hydrogen-bond donors (Lipinski definition) is 10. The van der Waals surface area contributed by atoms with E-state index in [0.717, 1.165) is 35.1 Å². The Balaban J connectivity index is 0.000000421. The van der Waals surface area contributed by atoms with Gasteiger partial charge in [0.25, 0.3) is 0 Å². The van der Waals surface area contributed by atoms with E-state index in [1.807, 2.05) is 186 Å². The molecule has 0 amide bonds. The molecule has 0 aliphatic heterocycles. The maximum absolute atomic E-state index is 11.3. The van der Waals surface area contributed by atoms with Crippen LogP contribution < -0.4 is 27.8 Å². The van der Waals surface area contributed by atoms with Crippen molar-refractivity contribution >= 4 is 17.9 Å². The molecule has 13 nitrogen and oxygen atoms in total. The predicted octanol–water partition coefficient (Wildman–Crippen LogP) is 6.09. The number of aliphatic hydroxyl groups is 2. The molecule has 0 heterocycles. The van der Waals surface area contributed by atoms with E-state index in [1.54, 1.807) is 7.05 Å². The molecule has 0 bridgehead atoms. The summed E-state index contributed by atoms with van der Waals surface area (Å²) in [7, 11) is 1.65. The zero-order valence-corrected chi connectivity index (χ0v) is 39.4. The summed E-state index contributed by atoms with van der Waals surface area (Å²) in [5.41, 5.74) is 20.9. The van der Waals surface area contributed by atoms with Crippen LogP contribution in [0, 0.1) is 11.8 Å². The fraction of sp³-hybridized carbons (Fsp3) is 0.377. The minimum absolute atomic E-state index is 0.0505. The van der Waals surface area contributed by atoms with Crippen LogP contribution in [0.25, 0.3) is 0 Å². The Hall–Kier alpha value is -5.77. The Morgan fingerprint density at radius 2 is 0.955 bits per heavy atom. The molecule has 5 aromatic rings. The van der Waals surface area contributed by atoms with Crippen molar-refractivity contribution in [1.29, 1.82) is 0 Å². The van der Waals surface area contributed by atoms with E-state index in [0.29, 0.717) is 19.4 Å². The first kappa shape index (κ1) is 58.2. The topological polar surface area (TPSA) is 254 Å². The Bertz CT molecular complexity index is 1970. The lowest BCUT2D eigenvalue weighted by atomic mass is 9.76. The summed E-state index contributed by atoms with van der Waals surface area (Å²) in [4.78, 5) is 31.7. The summed E-state index contributed by atoms with van der Waals surface area (Å²) in [6, 6.07) is 46.0. The molecule has 0 aromatic heterocycles. The SMILES string of the molecule is CC(C)C(N)C(O)(c1ccccc1)c1ccccc1.CCNC(C(=O)O)C(C)CC.CNC(Cc1ccccc1)C(=O)O.NC(CO)Cc1ccccc1.NC(Cc1ccccc1)C(=O)O. The molecule has 66 heavy (non-hydrogen) atoms. The third-order valence-corrected chi connectivity index (χ3v) is 10.7. The molecule has 0 radical (unpaired) electrons. The highest BCUT2D eigenvalue weighted by Gasteiger charge is 2.39. The number of hydrogen-bond acceptors (Lipinski definition) is 10. The highest BCUT2D eigenvalue weighted by Crippen LogP contribution is 2.34. The highest BCUT2D eigenvalue weighted by atomic mass is 16.4. The van der Waals surface area contributed by atoms with E-state index < -0.39 is 35.6 Å². The minimum Gasteiger partial charge on any atom is -0.480 e. The van der Waals surface area contributed by atoms with Crippen LogP contribution >= 0.6 is 0 Å². The van der Waals surface area contributed by atoms with E-state index >= 15 is 0 Å². The molecule has 5 rings (SSSR count). The summed E-state index contributed by atoms with van der Waals surface area (Å²) in [6.07, 6.45) is 2.55. The number of rotatable bonds is 19. The van der Waals surface area contributed by atoms with Crippen molar-refractivity contribution in [3.05, 3.63) is 179 Å². The molecule has 6 unspecified atom stereocenters. The Morgan fingerprint density at radius 3 is 1.26 bits per heavy atom. The van der Waals surface area contributed by atoms with E-state index in [-0.39, 0.29) is 36.6 Å². The van der Waals surface area contributed by atoms with Crippen LogP contribution in [0.3, 0.4) is 0 Å².